The first-order valence-corrected chi connectivity index (χ1v) is 8.36. The van der Waals surface area contributed by atoms with Crippen molar-refractivity contribution in [2.24, 2.45) is 0 Å². The molecule has 3 rings (SSSR count). The lowest BCUT2D eigenvalue weighted by Crippen LogP contribution is -2.14. The Morgan fingerprint density at radius 3 is 2.88 bits per heavy atom. The molecule has 0 aliphatic heterocycles. The van der Waals surface area contributed by atoms with E-state index in [0.717, 1.165) is 15.9 Å². The smallest absolute Gasteiger partial charge is 0.234 e. The Balaban J connectivity index is 1.67. The highest BCUT2D eigenvalue weighted by Gasteiger charge is 2.09. The predicted octanol–water partition coefficient (Wildman–Crippen LogP) is 3.89. The molecule has 7 heteroatoms. The molecular weight excluding hydrogens is 344 g/mol. The molecule has 0 spiro atoms. The SMILES string of the molecule is N#Cc1ccc(NC(=O)CSc2ncnc3ccccc23)cc1Cl. The maximum Gasteiger partial charge on any atom is 0.234 e. The maximum atomic E-state index is 12.1. The molecule has 0 fully saturated rings. The molecular formula is C17H11ClN4OS. The minimum Gasteiger partial charge on any atom is -0.325 e. The van der Waals surface area contributed by atoms with Gasteiger partial charge in [-0.1, -0.05) is 41.6 Å². The normalized spacial score (nSPS) is 10.3. The molecule has 0 saturated carbocycles. The molecule has 0 bridgehead atoms. The number of fused-ring (bicyclic) bond motifs is 1. The van der Waals surface area contributed by atoms with E-state index in [1.165, 1.54) is 18.1 Å². The molecule has 1 heterocycles. The molecule has 2 aromatic carbocycles. The van der Waals surface area contributed by atoms with Crippen molar-refractivity contribution < 1.29 is 4.79 Å². The Morgan fingerprint density at radius 2 is 2.08 bits per heavy atom. The number of thioether (sulfide) groups is 1. The summed E-state index contributed by atoms with van der Waals surface area (Å²) in [5.74, 6) is 0.0296. The first-order valence-electron chi connectivity index (χ1n) is 6.99. The van der Waals surface area contributed by atoms with Crippen LogP contribution in [0.4, 0.5) is 5.69 Å². The van der Waals surface area contributed by atoms with E-state index in [-0.39, 0.29) is 11.7 Å². The third-order valence-corrected chi connectivity index (χ3v) is 4.54. The Hall–Kier alpha value is -2.62. The summed E-state index contributed by atoms with van der Waals surface area (Å²) in [6, 6.07) is 14.4. The Bertz CT molecular complexity index is 949. The van der Waals surface area contributed by atoms with Crippen molar-refractivity contribution in [3.8, 4) is 6.07 Å². The van der Waals surface area contributed by atoms with Gasteiger partial charge in [-0.2, -0.15) is 5.26 Å². The first-order chi connectivity index (χ1) is 11.7. The van der Waals surface area contributed by atoms with Crippen molar-refractivity contribution in [1.82, 2.24) is 9.97 Å². The second kappa shape index (κ2) is 7.30. The summed E-state index contributed by atoms with van der Waals surface area (Å²) in [4.78, 5) is 20.5. The van der Waals surface area contributed by atoms with Gasteiger partial charge >= 0.3 is 0 Å². The van der Waals surface area contributed by atoms with E-state index in [1.54, 1.807) is 18.2 Å². The van der Waals surface area contributed by atoms with Crippen molar-refractivity contribution in [1.29, 1.82) is 5.26 Å². The molecule has 0 aliphatic carbocycles. The summed E-state index contributed by atoms with van der Waals surface area (Å²) in [6.07, 6.45) is 1.49. The zero-order valence-electron chi connectivity index (χ0n) is 12.4. The van der Waals surface area contributed by atoms with E-state index >= 15 is 0 Å². The van der Waals surface area contributed by atoms with Gasteiger partial charge in [0.2, 0.25) is 5.91 Å². The van der Waals surface area contributed by atoms with E-state index in [2.05, 4.69) is 15.3 Å². The van der Waals surface area contributed by atoms with Gasteiger partial charge in [0.15, 0.2) is 0 Å². The van der Waals surface area contributed by atoms with Crippen molar-refractivity contribution in [2.75, 3.05) is 11.1 Å². The molecule has 0 atom stereocenters. The Morgan fingerprint density at radius 1 is 1.25 bits per heavy atom. The molecule has 3 aromatic rings. The standard InChI is InChI=1S/C17H11ClN4OS/c18-14-7-12(6-5-11(14)8-19)22-16(23)9-24-17-13-3-1-2-4-15(13)20-10-21-17/h1-7,10H,9H2,(H,22,23). The van der Waals surface area contributed by atoms with Crippen LogP contribution in [0.2, 0.25) is 5.02 Å². The van der Waals surface area contributed by atoms with Crippen LogP contribution >= 0.6 is 23.4 Å². The van der Waals surface area contributed by atoms with E-state index in [0.29, 0.717) is 16.3 Å². The molecule has 1 amide bonds. The quantitative estimate of drug-likeness (QED) is 0.568. The number of nitrogens with one attached hydrogen (secondary N) is 1. The van der Waals surface area contributed by atoms with Gasteiger partial charge in [-0.15, -0.1) is 0 Å². The van der Waals surface area contributed by atoms with Gasteiger partial charge in [0.1, 0.15) is 17.4 Å². The number of aromatic nitrogens is 2. The molecule has 0 unspecified atom stereocenters. The number of benzene rings is 2. The summed E-state index contributed by atoms with van der Waals surface area (Å²) in [5.41, 5.74) is 1.77. The number of hydrogen-bond acceptors (Lipinski definition) is 5. The fourth-order valence-corrected chi connectivity index (χ4v) is 3.12. The number of anilines is 1. The van der Waals surface area contributed by atoms with Gasteiger partial charge in [-0.3, -0.25) is 4.79 Å². The largest absolute Gasteiger partial charge is 0.325 e. The van der Waals surface area contributed by atoms with Crippen molar-refractivity contribution in [3.63, 3.8) is 0 Å². The lowest BCUT2D eigenvalue weighted by atomic mass is 10.2. The highest BCUT2D eigenvalue weighted by atomic mass is 35.5. The minimum atomic E-state index is -0.177. The topological polar surface area (TPSA) is 78.7 Å². The first kappa shape index (κ1) is 16.2. The Labute approximate surface area is 147 Å². The van der Waals surface area contributed by atoms with Gasteiger partial charge < -0.3 is 5.32 Å². The average Bonchev–Trinajstić information content (AvgIpc) is 2.60. The monoisotopic (exact) mass is 354 g/mol. The molecule has 0 radical (unpaired) electrons. The second-order valence-corrected chi connectivity index (χ2v) is 6.21. The number of nitriles is 1. The van der Waals surface area contributed by atoms with E-state index < -0.39 is 0 Å². The average molecular weight is 355 g/mol. The van der Waals surface area contributed by atoms with Crippen LogP contribution in [0.5, 0.6) is 0 Å². The molecule has 5 nitrogen and oxygen atoms in total. The molecule has 1 aromatic heterocycles. The zero-order chi connectivity index (χ0) is 16.9. The number of rotatable bonds is 4. The van der Waals surface area contributed by atoms with Crippen molar-refractivity contribution in [3.05, 3.63) is 59.4 Å². The van der Waals surface area contributed by atoms with Crippen LogP contribution in [-0.4, -0.2) is 21.6 Å². The fraction of sp³-hybridized carbons (Fsp3) is 0.0588. The molecule has 0 aliphatic rings. The van der Waals surface area contributed by atoms with Crippen LogP contribution in [0, 0.1) is 11.3 Å². The summed E-state index contributed by atoms with van der Waals surface area (Å²) < 4.78 is 0. The van der Waals surface area contributed by atoms with E-state index in [1.807, 2.05) is 30.3 Å². The highest BCUT2D eigenvalue weighted by molar-refractivity contribution is 8.00. The lowest BCUT2D eigenvalue weighted by molar-refractivity contribution is -0.113. The molecule has 1 N–H and O–H groups in total. The maximum absolute atomic E-state index is 12.1. The number of carbonyl (C=O) groups excluding carboxylic acids is 1. The van der Waals surface area contributed by atoms with Gasteiger partial charge in [0, 0.05) is 11.1 Å². The van der Waals surface area contributed by atoms with Crippen molar-refractivity contribution >= 4 is 45.9 Å². The lowest BCUT2D eigenvalue weighted by Gasteiger charge is -2.07. The van der Waals surface area contributed by atoms with E-state index in [4.69, 9.17) is 16.9 Å². The summed E-state index contributed by atoms with van der Waals surface area (Å²) in [5, 5.41) is 13.6. The number of amides is 1. The predicted molar refractivity (Wildman–Crippen MR) is 95.1 cm³/mol. The number of halogens is 1. The van der Waals surface area contributed by atoms with Crippen LogP contribution in [0.3, 0.4) is 0 Å². The van der Waals surface area contributed by atoms with Crippen LogP contribution in [-0.2, 0) is 4.79 Å². The summed E-state index contributed by atoms with van der Waals surface area (Å²) >= 11 is 7.30. The number of carbonyl (C=O) groups is 1. The van der Waals surface area contributed by atoms with E-state index in [9.17, 15) is 4.79 Å². The van der Waals surface area contributed by atoms with Gasteiger partial charge in [-0.05, 0) is 24.3 Å². The molecule has 118 valence electrons. The summed E-state index contributed by atoms with van der Waals surface area (Å²) in [6.45, 7) is 0. The highest BCUT2D eigenvalue weighted by Crippen LogP contribution is 2.25. The molecule has 24 heavy (non-hydrogen) atoms. The number of nitrogens with zero attached hydrogens (tertiary/aromatic N) is 3. The van der Waals surface area contributed by atoms with Crippen LogP contribution in [0.15, 0.2) is 53.8 Å². The zero-order valence-corrected chi connectivity index (χ0v) is 13.9. The van der Waals surface area contributed by atoms with Crippen LogP contribution < -0.4 is 5.32 Å². The van der Waals surface area contributed by atoms with Crippen LogP contribution in [0.1, 0.15) is 5.56 Å². The van der Waals surface area contributed by atoms with Crippen LogP contribution in [0.25, 0.3) is 10.9 Å². The van der Waals surface area contributed by atoms with Crippen molar-refractivity contribution in [2.45, 2.75) is 5.03 Å². The third kappa shape index (κ3) is 3.65. The Kier molecular flexibility index (Phi) is 4.94. The number of para-hydroxylation sites is 1. The number of hydrogen-bond donors (Lipinski definition) is 1. The third-order valence-electron chi connectivity index (χ3n) is 3.22. The molecule has 0 saturated heterocycles. The van der Waals surface area contributed by atoms with Gasteiger partial charge in [0.05, 0.1) is 21.9 Å². The van der Waals surface area contributed by atoms with Gasteiger partial charge in [-0.25, -0.2) is 9.97 Å². The second-order valence-electron chi connectivity index (χ2n) is 4.84. The minimum absolute atomic E-state index is 0.177. The van der Waals surface area contributed by atoms with Gasteiger partial charge in [0.25, 0.3) is 0 Å². The summed E-state index contributed by atoms with van der Waals surface area (Å²) in [7, 11) is 0. The fourth-order valence-electron chi connectivity index (χ4n) is 2.11.